The van der Waals surface area contributed by atoms with E-state index in [1.165, 1.54) is 12.1 Å². The number of fused-ring (bicyclic) bond motifs is 1. The van der Waals surface area contributed by atoms with Crippen LogP contribution in [0.2, 0.25) is 0 Å². The molecule has 2 rings (SSSR count). The van der Waals surface area contributed by atoms with Crippen LogP contribution in [-0.2, 0) is 14.4 Å². The van der Waals surface area contributed by atoms with Gasteiger partial charge in [0.05, 0.1) is 18.2 Å². The SMILES string of the molecule is COC(=O)C(C)(O)CON1C(=O)c2ccccc2C1=O. The lowest BCUT2D eigenvalue weighted by atomic mass is 10.1. The van der Waals surface area contributed by atoms with Gasteiger partial charge in [-0.1, -0.05) is 12.1 Å². The van der Waals surface area contributed by atoms with E-state index in [2.05, 4.69) is 4.74 Å². The van der Waals surface area contributed by atoms with Crippen LogP contribution < -0.4 is 0 Å². The molecule has 1 N–H and O–H groups in total. The van der Waals surface area contributed by atoms with Crippen LogP contribution in [0.25, 0.3) is 0 Å². The normalized spacial score (nSPS) is 16.9. The molecule has 1 heterocycles. The Morgan fingerprint density at radius 3 is 2.20 bits per heavy atom. The second-order valence-electron chi connectivity index (χ2n) is 4.49. The summed E-state index contributed by atoms with van der Waals surface area (Å²) in [6.07, 6.45) is 0. The van der Waals surface area contributed by atoms with E-state index in [0.29, 0.717) is 5.06 Å². The topological polar surface area (TPSA) is 93.1 Å². The smallest absolute Gasteiger partial charge is 0.340 e. The van der Waals surface area contributed by atoms with Crippen LogP contribution in [0.4, 0.5) is 0 Å². The van der Waals surface area contributed by atoms with Gasteiger partial charge in [0.25, 0.3) is 11.8 Å². The maximum atomic E-state index is 11.9. The number of methoxy groups -OCH3 is 1. The molecular weight excluding hydrogens is 266 g/mol. The van der Waals surface area contributed by atoms with E-state index in [-0.39, 0.29) is 11.1 Å². The van der Waals surface area contributed by atoms with Gasteiger partial charge in [-0.3, -0.25) is 14.4 Å². The van der Waals surface area contributed by atoms with Crippen LogP contribution in [0.5, 0.6) is 0 Å². The second kappa shape index (κ2) is 5.03. The summed E-state index contributed by atoms with van der Waals surface area (Å²) in [4.78, 5) is 40.2. The van der Waals surface area contributed by atoms with Crippen molar-refractivity contribution in [2.75, 3.05) is 13.7 Å². The van der Waals surface area contributed by atoms with Crippen LogP contribution in [0.15, 0.2) is 24.3 Å². The minimum atomic E-state index is -1.95. The van der Waals surface area contributed by atoms with Crippen molar-refractivity contribution in [3.05, 3.63) is 35.4 Å². The third kappa shape index (κ3) is 2.28. The van der Waals surface area contributed by atoms with Crippen molar-refractivity contribution in [1.82, 2.24) is 5.06 Å². The van der Waals surface area contributed by atoms with Gasteiger partial charge in [0.15, 0.2) is 5.60 Å². The maximum Gasteiger partial charge on any atom is 0.340 e. The van der Waals surface area contributed by atoms with Gasteiger partial charge >= 0.3 is 5.97 Å². The Morgan fingerprint density at radius 1 is 1.25 bits per heavy atom. The molecule has 20 heavy (non-hydrogen) atoms. The molecule has 1 unspecified atom stereocenters. The number of aliphatic hydroxyl groups is 1. The van der Waals surface area contributed by atoms with Gasteiger partial charge < -0.3 is 9.84 Å². The lowest BCUT2D eigenvalue weighted by molar-refractivity contribution is -0.181. The fourth-order valence-corrected chi connectivity index (χ4v) is 1.75. The van der Waals surface area contributed by atoms with E-state index >= 15 is 0 Å². The molecule has 7 nitrogen and oxygen atoms in total. The summed E-state index contributed by atoms with van der Waals surface area (Å²) in [7, 11) is 1.11. The monoisotopic (exact) mass is 279 g/mol. The fourth-order valence-electron chi connectivity index (χ4n) is 1.75. The quantitative estimate of drug-likeness (QED) is 0.622. The van der Waals surface area contributed by atoms with Crippen LogP contribution >= 0.6 is 0 Å². The number of carbonyl (C=O) groups is 3. The minimum Gasteiger partial charge on any atom is -0.467 e. The first-order valence-electron chi connectivity index (χ1n) is 5.80. The van der Waals surface area contributed by atoms with E-state index in [1.54, 1.807) is 12.1 Å². The van der Waals surface area contributed by atoms with E-state index in [9.17, 15) is 19.5 Å². The highest BCUT2D eigenvalue weighted by atomic mass is 16.7. The molecule has 0 spiro atoms. The molecule has 7 heteroatoms. The third-order valence-electron chi connectivity index (χ3n) is 2.86. The van der Waals surface area contributed by atoms with Crippen molar-refractivity contribution < 1.29 is 29.1 Å². The Hall–Kier alpha value is -2.25. The van der Waals surface area contributed by atoms with Crippen molar-refractivity contribution >= 4 is 17.8 Å². The molecule has 1 aromatic carbocycles. The number of hydroxylamine groups is 2. The number of benzene rings is 1. The molecule has 0 aromatic heterocycles. The standard InChI is InChI=1S/C13H13NO6/c1-13(18,12(17)19-2)7-20-14-10(15)8-5-3-4-6-9(8)11(14)16/h3-6,18H,7H2,1-2H3. The predicted molar refractivity (Wildman–Crippen MR) is 65.5 cm³/mol. The second-order valence-corrected chi connectivity index (χ2v) is 4.49. The number of esters is 1. The third-order valence-corrected chi connectivity index (χ3v) is 2.86. The molecule has 106 valence electrons. The molecule has 0 fully saturated rings. The molecule has 1 aliphatic heterocycles. The summed E-state index contributed by atoms with van der Waals surface area (Å²) in [5, 5.41) is 10.3. The van der Waals surface area contributed by atoms with Crippen molar-refractivity contribution in [2.45, 2.75) is 12.5 Å². The summed E-state index contributed by atoms with van der Waals surface area (Å²) in [6.45, 7) is 0.585. The molecule has 1 aliphatic rings. The van der Waals surface area contributed by atoms with Crippen LogP contribution in [-0.4, -0.2) is 47.3 Å². The Morgan fingerprint density at radius 2 is 1.75 bits per heavy atom. The highest BCUT2D eigenvalue weighted by Crippen LogP contribution is 2.23. The van der Waals surface area contributed by atoms with Gasteiger partial charge in [-0.25, -0.2) is 4.79 Å². The number of rotatable bonds is 4. The van der Waals surface area contributed by atoms with Gasteiger partial charge in [0.2, 0.25) is 0 Å². The number of nitrogens with zero attached hydrogens (tertiary/aromatic N) is 1. The Labute approximate surface area is 114 Å². The van der Waals surface area contributed by atoms with Gasteiger partial charge in [-0.05, 0) is 19.1 Å². The van der Waals surface area contributed by atoms with Gasteiger partial charge in [0.1, 0.15) is 6.61 Å². The van der Waals surface area contributed by atoms with E-state index in [4.69, 9.17) is 4.84 Å². The number of ether oxygens (including phenoxy) is 1. The Kier molecular flexibility index (Phi) is 3.56. The summed E-state index contributed by atoms with van der Waals surface area (Å²) in [5.74, 6) is -2.19. The number of imide groups is 1. The van der Waals surface area contributed by atoms with E-state index < -0.39 is 30.0 Å². The van der Waals surface area contributed by atoms with Crippen molar-refractivity contribution in [3.8, 4) is 0 Å². The van der Waals surface area contributed by atoms with Crippen molar-refractivity contribution in [2.24, 2.45) is 0 Å². The van der Waals surface area contributed by atoms with Gasteiger partial charge in [-0.15, -0.1) is 5.06 Å². The van der Waals surface area contributed by atoms with Crippen LogP contribution in [0.3, 0.4) is 0 Å². The zero-order chi connectivity index (χ0) is 14.9. The number of carbonyl (C=O) groups excluding carboxylic acids is 3. The van der Waals surface area contributed by atoms with Crippen LogP contribution in [0, 0.1) is 0 Å². The molecule has 1 aromatic rings. The molecule has 2 amide bonds. The van der Waals surface area contributed by atoms with Crippen molar-refractivity contribution in [1.29, 1.82) is 0 Å². The van der Waals surface area contributed by atoms with E-state index in [0.717, 1.165) is 14.0 Å². The number of hydrogen-bond donors (Lipinski definition) is 1. The number of hydrogen-bond acceptors (Lipinski definition) is 6. The fraction of sp³-hybridized carbons (Fsp3) is 0.308. The lowest BCUT2D eigenvalue weighted by Crippen LogP contribution is -2.44. The minimum absolute atomic E-state index is 0.218. The Balaban J connectivity index is 2.12. The molecule has 0 aliphatic carbocycles. The first-order chi connectivity index (χ1) is 9.38. The summed E-state index contributed by atoms with van der Waals surface area (Å²) < 4.78 is 4.39. The average Bonchev–Trinajstić information content (AvgIpc) is 2.68. The first-order valence-corrected chi connectivity index (χ1v) is 5.80. The first kappa shape index (κ1) is 14.2. The predicted octanol–water partition coefficient (Wildman–Crippen LogP) is 0.138. The molecule has 1 atom stereocenters. The lowest BCUT2D eigenvalue weighted by Gasteiger charge is -2.22. The molecular formula is C13H13NO6. The molecule has 0 bridgehead atoms. The summed E-state index contributed by atoms with van der Waals surface area (Å²) in [5.41, 5.74) is -1.52. The van der Waals surface area contributed by atoms with E-state index in [1.807, 2.05) is 0 Å². The summed E-state index contributed by atoms with van der Waals surface area (Å²) >= 11 is 0. The maximum absolute atomic E-state index is 11.9. The van der Waals surface area contributed by atoms with Crippen molar-refractivity contribution in [3.63, 3.8) is 0 Å². The zero-order valence-corrected chi connectivity index (χ0v) is 11.0. The average molecular weight is 279 g/mol. The van der Waals surface area contributed by atoms with Crippen LogP contribution in [0.1, 0.15) is 27.6 Å². The highest BCUT2D eigenvalue weighted by molar-refractivity contribution is 6.20. The molecule has 0 saturated carbocycles. The van der Waals surface area contributed by atoms with Gasteiger partial charge in [0, 0.05) is 0 Å². The molecule has 0 saturated heterocycles. The van der Waals surface area contributed by atoms with Gasteiger partial charge in [-0.2, -0.15) is 0 Å². The summed E-state index contributed by atoms with van der Waals surface area (Å²) in [6, 6.07) is 6.24. The Bertz CT molecular complexity index is 545. The highest BCUT2D eigenvalue weighted by Gasteiger charge is 2.40. The molecule has 0 radical (unpaired) electrons. The number of amides is 2. The largest absolute Gasteiger partial charge is 0.467 e. The zero-order valence-electron chi connectivity index (χ0n) is 11.0.